The van der Waals surface area contributed by atoms with E-state index in [1.165, 1.54) is 19.1 Å². The number of para-hydroxylation sites is 1. The highest BCUT2D eigenvalue weighted by molar-refractivity contribution is 6.00. The van der Waals surface area contributed by atoms with Crippen LogP contribution in [0.1, 0.15) is 21.5 Å². The molecule has 0 bridgehead atoms. The van der Waals surface area contributed by atoms with Gasteiger partial charge in [0.1, 0.15) is 5.75 Å². The highest BCUT2D eigenvalue weighted by atomic mass is 16.5. The summed E-state index contributed by atoms with van der Waals surface area (Å²) in [6.45, 7) is 3.30. The maximum atomic E-state index is 12.5. The Labute approximate surface area is 216 Å². The topological polar surface area (TPSA) is 123 Å². The Morgan fingerprint density at radius 2 is 1.65 bits per heavy atom. The number of hydrogen-bond acceptors (Lipinski definition) is 7. The first-order chi connectivity index (χ1) is 17.8. The number of ether oxygens (including phenoxy) is 2. The molecule has 9 nitrogen and oxygen atoms in total. The van der Waals surface area contributed by atoms with Gasteiger partial charge in [0.2, 0.25) is 0 Å². The molecule has 9 heteroatoms. The van der Waals surface area contributed by atoms with Crippen LogP contribution in [0.2, 0.25) is 0 Å². The van der Waals surface area contributed by atoms with E-state index >= 15 is 0 Å². The Morgan fingerprint density at radius 1 is 0.919 bits per heavy atom. The van der Waals surface area contributed by atoms with Crippen molar-refractivity contribution in [3.63, 3.8) is 0 Å². The minimum absolute atomic E-state index is 0.0166. The molecule has 4 N–H and O–H groups in total. The Kier molecular flexibility index (Phi) is 9.62. The lowest BCUT2D eigenvalue weighted by atomic mass is 10.1. The normalized spacial score (nSPS) is 10.5. The number of carbonyl (C=O) groups is 3. The van der Waals surface area contributed by atoms with Gasteiger partial charge < -0.3 is 25.8 Å². The van der Waals surface area contributed by atoms with Gasteiger partial charge in [0.15, 0.2) is 5.78 Å². The largest absolute Gasteiger partial charge is 0.495 e. The predicted molar refractivity (Wildman–Crippen MR) is 144 cm³/mol. The molecule has 0 aliphatic rings. The van der Waals surface area contributed by atoms with E-state index in [0.717, 1.165) is 16.8 Å². The molecule has 0 saturated carbocycles. The van der Waals surface area contributed by atoms with Crippen molar-refractivity contribution in [3.8, 4) is 5.75 Å². The molecule has 0 aromatic heterocycles. The molecule has 0 fully saturated rings. The summed E-state index contributed by atoms with van der Waals surface area (Å²) in [5.74, 6) is 0.0844. The van der Waals surface area contributed by atoms with E-state index < -0.39 is 6.03 Å². The van der Waals surface area contributed by atoms with Crippen molar-refractivity contribution in [2.75, 3.05) is 44.1 Å². The fourth-order valence-electron chi connectivity index (χ4n) is 3.85. The van der Waals surface area contributed by atoms with E-state index in [9.17, 15) is 14.4 Å². The van der Waals surface area contributed by atoms with Crippen molar-refractivity contribution in [3.05, 3.63) is 83.4 Å². The van der Waals surface area contributed by atoms with Crippen LogP contribution in [0.3, 0.4) is 0 Å². The number of urea groups is 1. The first kappa shape index (κ1) is 27.2. The molecule has 194 valence electrons. The molecule has 2 amide bonds. The van der Waals surface area contributed by atoms with Gasteiger partial charge in [-0.25, -0.2) is 9.59 Å². The van der Waals surface area contributed by atoms with E-state index in [1.54, 1.807) is 42.5 Å². The highest BCUT2D eigenvalue weighted by Gasteiger charge is 2.21. The second-order valence-electron chi connectivity index (χ2n) is 8.35. The molecule has 0 saturated heterocycles. The van der Waals surface area contributed by atoms with Crippen molar-refractivity contribution >= 4 is 34.8 Å². The third-order valence-corrected chi connectivity index (χ3v) is 5.72. The summed E-state index contributed by atoms with van der Waals surface area (Å²) in [5.41, 5.74) is 9.87. The average molecular weight is 505 g/mol. The van der Waals surface area contributed by atoms with E-state index in [0.29, 0.717) is 35.8 Å². The van der Waals surface area contributed by atoms with Gasteiger partial charge in [-0.05, 0) is 60.5 Å². The molecule has 3 rings (SSSR count). The second-order valence-corrected chi connectivity index (χ2v) is 8.35. The molecule has 0 aliphatic carbocycles. The SMILES string of the molecule is COC(=O)c1ccc(NCCNCC(=O)Cc2ccc(N(C(N)=O)c3ccccc3C)c(OC)c2)cc1. The lowest BCUT2D eigenvalue weighted by molar-refractivity contribution is -0.117. The van der Waals surface area contributed by atoms with Crippen molar-refractivity contribution in [2.24, 2.45) is 5.73 Å². The zero-order valence-electron chi connectivity index (χ0n) is 21.2. The number of primary amides is 1. The number of methoxy groups -OCH3 is 2. The molecule has 3 aromatic rings. The molecule has 0 heterocycles. The van der Waals surface area contributed by atoms with Crippen molar-refractivity contribution in [1.29, 1.82) is 0 Å². The average Bonchev–Trinajstić information content (AvgIpc) is 2.90. The van der Waals surface area contributed by atoms with Gasteiger partial charge in [-0.3, -0.25) is 9.69 Å². The Hall–Kier alpha value is -4.37. The lowest BCUT2D eigenvalue weighted by Crippen LogP contribution is -2.32. The lowest BCUT2D eigenvalue weighted by Gasteiger charge is -2.24. The number of ketones is 1. The number of nitrogens with zero attached hydrogens (tertiary/aromatic N) is 1. The summed E-state index contributed by atoms with van der Waals surface area (Å²) in [4.78, 5) is 37.7. The number of anilines is 3. The zero-order chi connectivity index (χ0) is 26.8. The van der Waals surface area contributed by atoms with Crippen LogP contribution in [-0.2, 0) is 16.0 Å². The highest BCUT2D eigenvalue weighted by Crippen LogP contribution is 2.36. The molecule has 0 unspecified atom stereocenters. The molecule has 37 heavy (non-hydrogen) atoms. The van der Waals surface area contributed by atoms with Crippen LogP contribution in [0.4, 0.5) is 21.9 Å². The zero-order valence-corrected chi connectivity index (χ0v) is 21.2. The van der Waals surface area contributed by atoms with E-state index in [4.69, 9.17) is 10.5 Å². The summed E-state index contributed by atoms with van der Waals surface area (Å²) >= 11 is 0. The van der Waals surface area contributed by atoms with Gasteiger partial charge in [0.05, 0.1) is 37.7 Å². The maximum absolute atomic E-state index is 12.5. The third-order valence-electron chi connectivity index (χ3n) is 5.72. The first-order valence-corrected chi connectivity index (χ1v) is 11.8. The third kappa shape index (κ3) is 7.31. The molecule has 0 spiro atoms. The fourth-order valence-corrected chi connectivity index (χ4v) is 3.85. The van der Waals surface area contributed by atoms with Gasteiger partial charge in [0.25, 0.3) is 0 Å². The van der Waals surface area contributed by atoms with Crippen LogP contribution in [-0.4, -0.2) is 51.6 Å². The number of nitrogens with one attached hydrogen (secondary N) is 2. The van der Waals surface area contributed by atoms with Crippen LogP contribution in [0, 0.1) is 6.92 Å². The second kappa shape index (κ2) is 13.1. The van der Waals surface area contributed by atoms with Gasteiger partial charge in [-0.15, -0.1) is 0 Å². The summed E-state index contributed by atoms with van der Waals surface area (Å²) in [6, 6.07) is 19.1. The Morgan fingerprint density at radius 3 is 2.30 bits per heavy atom. The number of aryl methyl sites for hydroxylation is 1. The molecular formula is C28H32N4O5. The number of nitrogens with two attached hydrogens (primary N) is 1. The maximum Gasteiger partial charge on any atom is 0.337 e. The molecular weight excluding hydrogens is 472 g/mol. The number of Topliss-reactive ketones (excluding diaryl/α,β-unsaturated/α-hetero) is 1. The number of amides is 2. The predicted octanol–water partition coefficient (Wildman–Crippen LogP) is 3.82. The molecule has 0 aliphatic heterocycles. The van der Waals surface area contributed by atoms with Crippen molar-refractivity contribution < 1.29 is 23.9 Å². The Balaban J connectivity index is 1.53. The van der Waals surface area contributed by atoms with Crippen LogP contribution in [0.15, 0.2) is 66.7 Å². The molecule has 0 radical (unpaired) electrons. The van der Waals surface area contributed by atoms with Gasteiger partial charge in [0, 0.05) is 25.2 Å². The van der Waals surface area contributed by atoms with Crippen LogP contribution < -0.4 is 26.0 Å². The monoisotopic (exact) mass is 504 g/mol. The first-order valence-electron chi connectivity index (χ1n) is 11.8. The number of hydrogen-bond donors (Lipinski definition) is 3. The summed E-state index contributed by atoms with van der Waals surface area (Å²) in [7, 11) is 2.86. The Bertz CT molecular complexity index is 1240. The minimum atomic E-state index is -0.631. The number of benzene rings is 3. The van der Waals surface area contributed by atoms with Gasteiger partial charge >= 0.3 is 12.0 Å². The quantitative estimate of drug-likeness (QED) is 0.253. The fraction of sp³-hybridized carbons (Fsp3) is 0.250. The van der Waals surface area contributed by atoms with Crippen molar-refractivity contribution in [1.82, 2.24) is 5.32 Å². The van der Waals surface area contributed by atoms with Gasteiger partial charge in [-0.2, -0.15) is 0 Å². The standard InChI is InChI=1S/C28H32N4O5/c1-19-6-4-5-7-24(19)32(28(29)35)25-13-8-20(17-26(25)36-2)16-23(33)18-30-14-15-31-22-11-9-21(10-12-22)27(34)37-3/h4-13,17,30-31H,14-16,18H2,1-3H3,(H2,29,35). The van der Waals surface area contributed by atoms with E-state index in [2.05, 4.69) is 15.4 Å². The molecule has 0 atom stereocenters. The van der Waals surface area contributed by atoms with E-state index in [1.807, 2.05) is 31.2 Å². The van der Waals surface area contributed by atoms with Crippen LogP contribution in [0.5, 0.6) is 5.75 Å². The van der Waals surface area contributed by atoms with Crippen molar-refractivity contribution in [2.45, 2.75) is 13.3 Å². The minimum Gasteiger partial charge on any atom is -0.495 e. The van der Waals surface area contributed by atoms with Crippen LogP contribution >= 0.6 is 0 Å². The smallest absolute Gasteiger partial charge is 0.337 e. The number of esters is 1. The van der Waals surface area contributed by atoms with Gasteiger partial charge in [-0.1, -0.05) is 24.3 Å². The summed E-state index contributed by atoms with van der Waals surface area (Å²) in [5, 5.41) is 6.35. The van der Waals surface area contributed by atoms with E-state index in [-0.39, 0.29) is 24.7 Å². The molecule has 3 aromatic carbocycles. The van der Waals surface area contributed by atoms with Crippen LogP contribution in [0.25, 0.3) is 0 Å². The summed E-state index contributed by atoms with van der Waals surface area (Å²) < 4.78 is 10.2. The number of carbonyl (C=O) groups excluding carboxylic acids is 3. The number of rotatable bonds is 12. The summed E-state index contributed by atoms with van der Waals surface area (Å²) in [6.07, 6.45) is 0.215.